The van der Waals surface area contributed by atoms with E-state index in [1.54, 1.807) is 7.05 Å². The van der Waals surface area contributed by atoms with Crippen molar-refractivity contribution in [1.29, 1.82) is 0 Å². The van der Waals surface area contributed by atoms with Gasteiger partial charge in [0.2, 0.25) is 5.91 Å². The summed E-state index contributed by atoms with van der Waals surface area (Å²) in [5.41, 5.74) is 0.496. The van der Waals surface area contributed by atoms with E-state index in [1.165, 1.54) is 57.8 Å². The maximum Gasteiger partial charge on any atom is 0.472 e. The van der Waals surface area contributed by atoms with Crippen LogP contribution in [0.25, 0.3) is 0 Å². The molecule has 4 fully saturated rings. The molecule has 13 heteroatoms. The third-order valence-electron chi connectivity index (χ3n) is 13.4. The minimum atomic E-state index is -3.98. The van der Waals surface area contributed by atoms with E-state index in [-0.39, 0.29) is 50.8 Å². The molecule has 4 aliphatic rings. The summed E-state index contributed by atoms with van der Waals surface area (Å²) in [6, 6.07) is 0. The summed E-state index contributed by atoms with van der Waals surface area (Å²) in [5.74, 6) is 6.31. The molecule has 0 aromatic carbocycles. The van der Waals surface area contributed by atoms with Gasteiger partial charge in [-0.3, -0.25) is 13.8 Å². The molecule has 0 aliphatic heterocycles. The third kappa shape index (κ3) is 16.5. The van der Waals surface area contributed by atoms with Crippen molar-refractivity contribution in [2.45, 2.75) is 123 Å². The van der Waals surface area contributed by atoms with Gasteiger partial charge in [0, 0.05) is 39.0 Å². The van der Waals surface area contributed by atoms with E-state index in [1.807, 2.05) is 28.2 Å². The Morgan fingerprint density at radius 3 is 2.22 bits per heavy atom. The number of carbonyl (C=O) groups is 2. The number of phosphoric ester groups is 1. The number of hydrogen-bond acceptors (Lipinski definition) is 9. The Morgan fingerprint density at radius 2 is 1.59 bits per heavy atom. The lowest BCUT2D eigenvalue weighted by molar-refractivity contribution is -0.870. The second-order valence-corrected chi connectivity index (χ2v) is 19.6. The van der Waals surface area contributed by atoms with Crippen LogP contribution in [0.15, 0.2) is 0 Å². The standard InChI is InChI=1S/C24H41NO2.C9H21NO2.C8H18NO5P/c1-15(4-11-23(27)25-3)18-7-8-20-19(18)9-10-22-21(20)6-5-16-14-17(26)12-13-24(16,22)2;1-10-6-4-2-3-5-9(7-11)8-12;1-9(2,3)5-8-14-15(11,12)13-7-4-6-10/h15-22,26H,4-14H2,1-3H3,(H,25,27);9-12H,2-8H2,1H3;6H,4-5,7-8H2,1-3H3/p+1/t15?,16-,17?,18?,19?,20?,21?,22?,24+;;/m0../s1. The predicted octanol–water partition coefficient (Wildman–Crippen LogP) is 5.56. The van der Waals surface area contributed by atoms with E-state index in [4.69, 9.17) is 19.6 Å². The zero-order valence-corrected chi connectivity index (χ0v) is 35.9. The van der Waals surface area contributed by atoms with Gasteiger partial charge < -0.3 is 40.1 Å². The zero-order chi connectivity index (χ0) is 40.4. The number of hydrogen-bond donors (Lipinski definition) is 6. The molecule has 1 amide bonds. The first kappa shape index (κ1) is 49.2. The summed E-state index contributed by atoms with van der Waals surface area (Å²) in [7, 11) is 5.55. The first-order valence-electron chi connectivity index (χ1n) is 21.2. The molecule has 0 bridgehead atoms. The van der Waals surface area contributed by atoms with Crippen LogP contribution in [0, 0.1) is 52.8 Å². The van der Waals surface area contributed by atoms with Crippen LogP contribution in [0.4, 0.5) is 0 Å². The maximum absolute atomic E-state index is 11.7. The van der Waals surface area contributed by atoms with Crippen molar-refractivity contribution in [3.05, 3.63) is 0 Å². The lowest BCUT2D eigenvalue weighted by Gasteiger charge is -2.59. The van der Waals surface area contributed by atoms with Gasteiger partial charge in [0.05, 0.1) is 33.9 Å². The first-order chi connectivity index (χ1) is 25.5. The zero-order valence-electron chi connectivity index (χ0n) is 35.1. The van der Waals surface area contributed by atoms with Crippen molar-refractivity contribution in [3.63, 3.8) is 0 Å². The molecule has 54 heavy (non-hydrogen) atoms. The fourth-order valence-electron chi connectivity index (χ4n) is 10.2. The maximum atomic E-state index is 11.7. The average molecular weight is 791 g/mol. The van der Waals surface area contributed by atoms with E-state index < -0.39 is 7.82 Å². The summed E-state index contributed by atoms with van der Waals surface area (Å²) in [4.78, 5) is 30.7. The van der Waals surface area contributed by atoms with Gasteiger partial charge in [0.15, 0.2) is 0 Å². The fraction of sp³-hybridized carbons (Fsp3) is 0.951. The van der Waals surface area contributed by atoms with E-state index in [0.717, 1.165) is 74.2 Å². The molecule has 0 aromatic rings. The molecule has 0 radical (unpaired) electrons. The highest BCUT2D eigenvalue weighted by atomic mass is 31.2. The number of nitrogens with one attached hydrogen (secondary N) is 2. The SMILES string of the molecule is CNC(=O)CCC(C)C1CCC2C1CCC1C2CC[C@H]2CC(O)CC[C@@]12C.CNCCCCCC(CO)CO.C[N+](C)(C)CCOP(=O)(O)OCCC=O. The summed E-state index contributed by atoms with van der Waals surface area (Å²) >= 11 is 0. The van der Waals surface area contributed by atoms with E-state index >= 15 is 0 Å². The number of rotatable bonds is 20. The Labute approximate surface area is 328 Å². The molecule has 4 rings (SSSR count). The summed E-state index contributed by atoms with van der Waals surface area (Å²) in [6.07, 6.45) is 18.6. The average Bonchev–Trinajstić information content (AvgIpc) is 3.57. The highest BCUT2D eigenvalue weighted by Gasteiger charge is 2.56. The van der Waals surface area contributed by atoms with Crippen LogP contribution in [0.2, 0.25) is 0 Å². The second-order valence-electron chi connectivity index (χ2n) is 18.1. The van der Waals surface area contributed by atoms with E-state index in [9.17, 15) is 19.3 Å². The molecule has 318 valence electrons. The summed E-state index contributed by atoms with van der Waals surface area (Å²) in [6.45, 7) is 6.91. The Morgan fingerprint density at radius 1 is 0.926 bits per heavy atom. The first-order valence-corrected chi connectivity index (χ1v) is 22.7. The van der Waals surface area contributed by atoms with Crippen molar-refractivity contribution < 1.29 is 47.9 Å². The molecule has 8 unspecified atom stereocenters. The Kier molecular flexibility index (Phi) is 22.5. The van der Waals surface area contributed by atoms with Gasteiger partial charge in [-0.05, 0) is 137 Å². The molecular formula is C41H81N3O9P+. The second kappa shape index (κ2) is 24.7. The molecule has 4 aliphatic carbocycles. The molecule has 12 nitrogen and oxygen atoms in total. The van der Waals surface area contributed by atoms with Gasteiger partial charge in [-0.1, -0.05) is 26.7 Å². The van der Waals surface area contributed by atoms with Gasteiger partial charge in [-0.2, -0.15) is 0 Å². The largest absolute Gasteiger partial charge is 0.472 e. The fourth-order valence-corrected chi connectivity index (χ4v) is 10.9. The number of aliphatic hydroxyl groups excluding tert-OH is 3. The number of quaternary nitrogens is 1. The van der Waals surface area contributed by atoms with Crippen molar-refractivity contribution in [1.82, 2.24) is 10.6 Å². The smallest absolute Gasteiger partial charge is 0.396 e. The van der Waals surface area contributed by atoms with Crippen LogP contribution in [-0.2, 0) is 23.2 Å². The van der Waals surface area contributed by atoms with Crippen LogP contribution in [0.5, 0.6) is 0 Å². The Hall–Kier alpha value is -0.950. The Bertz CT molecular complexity index is 1110. The molecule has 0 heterocycles. The highest BCUT2D eigenvalue weighted by Crippen LogP contribution is 2.64. The van der Waals surface area contributed by atoms with E-state index in [2.05, 4.69) is 29.0 Å². The van der Waals surface area contributed by atoms with Crippen molar-refractivity contribution >= 4 is 20.0 Å². The van der Waals surface area contributed by atoms with Crippen LogP contribution in [-0.4, -0.2) is 118 Å². The van der Waals surface area contributed by atoms with Crippen LogP contribution in [0.1, 0.15) is 117 Å². The highest BCUT2D eigenvalue weighted by molar-refractivity contribution is 7.47. The molecule has 10 atom stereocenters. The van der Waals surface area contributed by atoms with Crippen molar-refractivity contribution in [2.24, 2.45) is 52.8 Å². The van der Waals surface area contributed by atoms with Crippen molar-refractivity contribution in [2.75, 3.05) is 74.8 Å². The summed E-state index contributed by atoms with van der Waals surface area (Å²) in [5, 5.41) is 33.6. The molecule has 0 spiro atoms. The number of likely N-dealkylation sites (N-methyl/N-ethyl adjacent to an activating group) is 1. The predicted molar refractivity (Wildman–Crippen MR) is 214 cm³/mol. The monoisotopic (exact) mass is 791 g/mol. The molecular weight excluding hydrogens is 709 g/mol. The Balaban J connectivity index is 0.000000318. The lowest BCUT2D eigenvalue weighted by Crippen LogP contribution is -2.52. The topological polar surface area (TPSA) is 175 Å². The van der Waals surface area contributed by atoms with E-state index in [0.29, 0.717) is 35.1 Å². The molecule has 4 saturated carbocycles. The van der Waals surface area contributed by atoms with Gasteiger partial charge in [-0.15, -0.1) is 0 Å². The normalized spacial score (nSPS) is 30.6. The number of carbonyl (C=O) groups excluding carboxylic acids is 2. The lowest BCUT2D eigenvalue weighted by atomic mass is 9.47. The number of amides is 1. The number of unbranched alkanes of at least 4 members (excludes halogenated alkanes) is 2. The number of aliphatic hydroxyl groups is 3. The van der Waals surface area contributed by atoms with Crippen LogP contribution >= 0.6 is 7.82 Å². The molecule has 0 saturated heterocycles. The number of nitrogens with zero attached hydrogens (tertiary/aromatic N) is 1. The quantitative estimate of drug-likeness (QED) is 0.0397. The van der Waals surface area contributed by atoms with Crippen molar-refractivity contribution in [3.8, 4) is 0 Å². The van der Waals surface area contributed by atoms with Crippen LogP contribution < -0.4 is 10.6 Å². The number of aldehydes is 1. The van der Waals surface area contributed by atoms with Gasteiger partial charge >= 0.3 is 7.82 Å². The number of phosphoric acid groups is 1. The van der Waals surface area contributed by atoms with Gasteiger partial charge in [-0.25, -0.2) is 4.57 Å². The third-order valence-corrected chi connectivity index (χ3v) is 14.4. The minimum absolute atomic E-state index is 0.0343. The van der Waals surface area contributed by atoms with Crippen LogP contribution in [0.3, 0.4) is 0 Å². The van der Waals surface area contributed by atoms with Gasteiger partial charge in [0.1, 0.15) is 19.4 Å². The summed E-state index contributed by atoms with van der Waals surface area (Å²) < 4.78 is 21.0. The minimum Gasteiger partial charge on any atom is -0.396 e. The van der Waals surface area contributed by atoms with Gasteiger partial charge in [0.25, 0.3) is 0 Å². The number of fused-ring (bicyclic) bond motifs is 5. The molecule has 6 N–H and O–H groups in total. The molecule has 0 aromatic heterocycles.